The van der Waals surface area contributed by atoms with Crippen molar-refractivity contribution in [2.75, 3.05) is 0 Å². The van der Waals surface area contributed by atoms with Crippen molar-refractivity contribution in [3.05, 3.63) is 24.0 Å². The predicted octanol–water partition coefficient (Wildman–Crippen LogP) is -0.200. The van der Waals surface area contributed by atoms with Crippen molar-refractivity contribution in [1.29, 1.82) is 0 Å². The van der Waals surface area contributed by atoms with Crippen molar-refractivity contribution >= 4 is 13.3 Å². The number of hydrogen-bond donors (Lipinski definition) is 1. The predicted molar refractivity (Wildman–Crippen MR) is 45.0 cm³/mol. The Morgan fingerprint density at radius 3 is 2.92 bits per heavy atom. The lowest BCUT2D eigenvalue weighted by Crippen LogP contribution is -2.07. The van der Waals surface area contributed by atoms with Crippen LogP contribution in [0, 0.1) is 5.82 Å². The number of H-pyrrole nitrogens is 1. The maximum absolute atomic E-state index is 12.8. The fourth-order valence-corrected chi connectivity index (χ4v) is 0.998. The lowest BCUT2D eigenvalue weighted by Gasteiger charge is -1.99. The SMILES string of the molecule is [B]c1ccc(F)cc1-c1nn[nH]n1. The maximum Gasteiger partial charge on any atom is 0.204 e. The number of nitrogens with zero attached hydrogens (tertiary/aromatic N) is 3. The first-order valence-corrected chi connectivity index (χ1v) is 3.56. The van der Waals surface area contributed by atoms with Gasteiger partial charge in [0.15, 0.2) is 0 Å². The second-order valence-electron chi connectivity index (χ2n) is 2.47. The van der Waals surface area contributed by atoms with Crippen molar-refractivity contribution in [3.63, 3.8) is 0 Å². The summed E-state index contributed by atoms with van der Waals surface area (Å²) in [5.74, 6) is -0.0917. The van der Waals surface area contributed by atoms with Crippen LogP contribution in [-0.4, -0.2) is 28.5 Å². The Balaban J connectivity index is 2.57. The van der Waals surface area contributed by atoms with E-state index in [-0.39, 0.29) is 11.6 Å². The molecule has 0 fully saturated rings. The molecule has 0 bridgehead atoms. The molecule has 0 atom stereocenters. The molecule has 2 aromatic rings. The normalized spacial score (nSPS) is 10.2. The van der Waals surface area contributed by atoms with E-state index >= 15 is 0 Å². The van der Waals surface area contributed by atoms with Crippen LogP contribution in [0.2, 0.25) is 0 Å². The van der Waals surface area contributed by atoms with E-state index < -0.39 is 0 Å². The molecule has 0 aliphatic carbocycles. The largest absolute Gasteiger partial charge is 0.207 e. The average molecular weight is 174 g/mol. The van der Waals surface area contributed by atoms with Gasteiger partial charge >= 0.3 is 0 Å². The topological polar surface area (TPSA) is 54.5 Å². The molecule has 2 rings (SSSR count). The number of tetrazole rings is 1. The minimum absolute atomic E-state index is 0.289. The van der Waals surface area contributed by atoms with E-state index in [1.54, 1.807) is 0 Å². The summed E-state index contributed by atoms with van der Waals surface area (Å²) >= 11 is 0. The molecule has 2 radical (unpaired) electrons. The zero-order chi connectivity index (χ0) is 9.26. The zero-order valence-corrected chi connectivity index (χ0v) is 6.53. The van der Waals surface area contributed by atoms with Gasteiger partial charge in [-0.2, -0.15) is 5.21 Å². The second-order valence-corrected chi connectivity index (χ2v) is 2.47. The number of aromatic amines is 1. The van der Waals surface area contributed by atoms with E-state index in [0.29, 0.717) is 11.0 Å². The summed E-state index contributed by atoms with van der Waals surface area (Å²) < 4.78 is 12.8. The lowest BCUT2D eigenvalue weighted by atomic mass is 9.90. The van der Waals surface area contributed by atoms with E-state index in [4.69, 9.17) is 7.85 Å². The highest BCUT2D eigenvalue weighted by Gasteiger charge is 2.06. The van der Waals surface area contributed by atoms with E-state index in [2.05, 4.69) is 20.6 Å². The zero-order valence-electron chi connectivity index (χ0n) is 6.53. The summed E-state index contributed by atoms with van der Waals surface area (Å²) in [6, 6.07) is 4.00. The first-order chi connectivity index (χ1) is 6.27. The van der Waals surface area contributed by atoms with Crippen LogP contribution in [-0.2, 0) is 0 Å². The van der Waals surface area contributed by atoms with Gasteiger partial charge in [0, 0.05) is 5.56 Å². The molecule has 0 spiro atoms. The number of hydrogen-bond acceptors (Lipinski definition) is 3. The van der Waals surface area contributed by atoms with E-state index in [0.717, 1.165) is 0 Å². The van der Waals surface area contributed by atoms with Gasteiger partial charge in [0.25, 0.3) is 0 Å². The molecule has 0 saturated carbocycles. The van der Waals surface area contributed by atoms with Crippen LogP contribution in [0.4, 0.5) is 4.39 Å². The quantitative estimate of drug-likeness (QED) is 0.609. The van der Waals surface area contributed by atoms with E-state index in [1.807, 2.05) is 0 Å². The Morgan fingerprint density at radius 1 is 1.38 bits per heavy atom. The monoisotopic (exact) mass is 174 g/mol. The molecule has 6 heteroatoms. The fourth-order valence-electron chi connectivity index (χ4n) is 0.998. The Bertz CT molecular complexity index is 414. The van der Waals surface area contributed by atoms with Crippen LogP contribution in [0.3, 0.4) is 0 Å². The van der Waals surface area contributed by atoms with Crippen LogP contribution < -0.4 is 5.46 Å². The van der Waals surface area contributed by atoms with Gasteiger partial charge in [0.1, 0.15) is 13.7 Å². The van der Waals surface area contributed by atoms with Crippen molar-refractivity contribution in [2.45, 2.75) is 0 Å². The number of benzene rings is 1. The molecule has 1 aromatic carbocycles. The van der Waals surface area contributed by atoms with Gasteiger partial charge in [-0.1, -0.05) is 11.5 Å². The molecule has 62 valence electrons. The molecule has 1 aromatic heterocycles. The van der Waals surface area contributed by atoms with Crippen molar-refractivity contribution in [3.8, 4) is 11.4 Å². The Morgan fingerprint density at radius 2 is 2.23 bits per heavy atom. The summed E-state index contributed by atoms with van der Waals surface area (Å²) in [7, 11) is 5.59. The van der Waals surface area contributed by atoms with Crippen LogP contribution in [0.25, 0.3) is 11.4 Å². The molecule has 0 unspecified atom stereocenters. The number of rotatable bonds is 1. The summed E-state index contributed by atoms with van der Waals surface area (Å²) in [5.41, 5.74) is 0.858. The van der Waals surface area contributed by atoms with Crippen LogP contribution >= 0.6 is 0 Å². The number of aromatic nitrogens is 4. The van der Waals surface area contributed by atoms with Crippen LogP contribution in [0.15, 0.2) is 18.2 Å². The molecule has 0 aliphatic heterocycles. The standard InChI is InChI=1S/C7H4BFN4/c8-6-2-1-4(9)3-5(6)7-10-12-13-11-7/h1-3H,(H,10,11,12,13). The van der Waals surface area contributed by atoms with Gasteiger partial charge in [0.05, 0.1) is 0 Å². The Kier molecular flexibility index (Phi) is 1.81. The Hall–Kier alpha value is -1.72. The average Bonchev–Trinajstić information content (AvgIpc) is 2.61. The highest BCUT2D eigenvalue weighted by atomic mass is 19.1. The smallest absolute Gasteiger partial charge is 0.204 e. The summed E-state index contributed by atoms with van der Waals surface area (Å²) in [6.45, 7) is 0. The summed E-state index contributed by atoms with van der Waals surface area (Å²) in [5, 5.41) is 13.0. The van der Waals surface area contributed by atoms with Gasteiger partial charge in [0.2, 0.25) is 5.82 Å². The third-order valence-electron chi connectivity index (χ3n) is 1.60. The van der Waals surface area contributed by atoms with E-state index in [1.165, 1.54) is 18.2 Å². The lowest BCUT2D eigenvalue weighted by molar-refractivity contribution is 0.628. The molecular weight excluding hydrogens is 170 g/mol. The molecule has 0 saturated heterocycles. The second kappa shape index (κ2) is 2.97. The summed E-state index contributed by atoms with van der Waals surface area (Å²) in [4.78, 5) is 0. The van der Waals surface area contributed by atoms with Crippen LogP contribution in [0.5, 0.6) is 0 Å². The van der Waals surface area contributed by atoms with Gasteiger partial charge in [-0.25, -0.2) is 4.39 Å². The Labute approximate surface area is 74.6 Å². The van der Waals surface area contributed by atoms with Gasteiger partial charge in [-0.3, -0.25) is 0 Å². The minimum Gasteiger partial charge on any atom is -0.207 e. The molecule has 1 heterocycles. The third kappa shape index (κ3) is 1.42. The molecular formula is C7H4BFN4. The summed E-state index contributed by atoms with van der Waals surface area (Å²) in [6.07, 6.45) is 0. The van der Waals surface area contributed by atoms with E-state index in [9.17, 15) is 4.39 Å². The fraction of sp³-hybridized carbons (Fsp3) is 0. The van der Waals surface area contributed by atoms with Crippen molar-refractivity contribution in [1.82, 2.24) is 20.6 Å². The number of nitrogens with one attached hydrogen (secondary N) is 1. The highest BCUT2D eigenvalue weighted by molar-refractivity contribution is 6.35. The van der Waals surface area contributed by atoms with Crippen LogP contribution in [0.1, 0.15) is 0 Å². The first-order valence-electron chi connectivity index (χ1n) is 3.56. The first kappa shape index (κ1) is 7.91. The minimum atomic E-state index is -0.381. The molecule has 1 N–H and O–H groups in total. The van der Waals surface area contributed by atoms with Gasteiger partial charge < -0.3 is 0 Å². The van der Waals surface area contributed by atoms with Gasteiger partial charge in [-0.05, 0) is 17.3 Å². The van der Waals surface area contributed by atoms with Crippen molar-refractivity contribution < 1.29 is 4.39 Å². The molecule has 0 amide bonds. The third-order valence-corrected chi connectivity index (χ3v) is 1.60. The molecule has 4 nitrogen and oxygen atoms in total. The maximum atomic E-state index is 12.8. The molecule has 13 heavy (non-hydrogen) atoms. The van der Waals surface area contributed by atoms with Gasteiger partial charge in [-0.15, -0.1) is 10.2 Å². The molecule has 0 aliphatic rings. The highest BCUT2D eigenvalue weighted by Crippen LogP contribution is 2.10. The van der Waals surface area contributed by atoms with Crippen molar-refractivity contribution in [2.24, 2.45) is 0 Å². The number of halogens is 1.